The number of amides is 1. The zero-order valence-corrected chi connectivity index (χ0v) is 14.0. The predicted molar refractivity (Wildman–Crippen MR) is 87.2 cm³/mol. The summed E-state index contributed by atoms with van der Waals surface area (Å²) in [4.78, 5) is 23.6. The monoisotopic (exact) mass is 319 g/mol. The maximum absolute atomic E-state index is 12.1. The van der Waals surface area contributed by atoms with Gasteiger partial charge in [-0.15, -0.1) is 0 Å². The molecule has 1 heterocycles. The molecule has 5 nitrogen and oxygen atoms in total. The number of carboxylic acid groups (broad SMARTS) is 1. The molecule has 0 aliphatic carbocycles. The number of ether oxygens (including phenoxy) is 1. The van der Waals surface area contributed by atoms with E-state index in [-0.39, 0.29) is 24.5 Å². The Morgan fingerprint density at radius 2 is 1.91 bits per heavy atom. The molecular weight excluding hydrogens is 294 g/mol. The molecule has 1 aliphatic heterocycles. The fourth-order valence-corrected chi connectivity index (χ4v) is 3.09. The molecule has 2 rings (SSSR count). The molecule has 0 radical (unpaired) electrons. The van der Waals surface area contributed by atoms with E-state index < -0.39 is 12.0 Å². The highest BCUT2D eigenvalue weighted by atomic mass is 16.5. The van der Waals surface area contributed by atoms with Gasteiger partial charge in [-0.3, -0.25) is 4.79 Å². The molecule has 1 aliphatic rings. The first-order valence-electron chi connectivity index (χ1n) is 8.11. The number of benzene rings is 1. The van der Waals surface area contributed by atoms with E-state index in [1.54, 1.807) is 12.1 Å². The quantitative estimate of drug-likeness (QED) is 0.845. The molecule has 3 atom stereocenters. The summed E-state index contributed by atoms with van der Waals surface area (Å²) in [5.74, 6) is -1.30. The fraction of sp³-hybridized carbons (Fsp3) is 0.556. The van der Waals surface area contributed by atoms with Crippen LogP contribution in [0.15, 0.2) is 18.2 Å². The summed E-state index contributed by atoms with van der Waals surface area (Å²) in [5.41, 5.74) is 2.57. The van der Waals surface area contributed by atoms with Crippen LogP contribution in [0.3, 0.4) is 0 Å². The maximum Gasteiger partial charge on any atom is 0.330 e. The normalized spacial score (nSPS) is 21.9. The minimum absolute atomic E-state index is 0.111. The van der Waals surface area contributed by atoms with Gasteiger partial charge in [-0.2, -0.15) is 0 Å². The second-order valence-electron chi connectivity index (χ2n) is 6.44. The third-order valence-corrected chi connectivity index (χ3v) is 4.14. The van der Waals surface area contributed by atoms with Gasteiger partial charge in [0.1, 0.15) is 0 Å². The number of rotatable bonds is 6. The van der Waals surface area contributed by atoms with Crippen LogP contribution < -0.4 is 5.32 Å². The van der Waals surface area contributed by atoms with E-state index in [2.05, 4.69) is 5.32 Å². The van der Waals surface area contributed by atoms with Crippen molar-refractivity contribution in [3.63, 3.8) is 0 Å². The SMILES string of the molecule is Cc1cc(C)cc(C(NC(=O)CCC2CCC(C)O2)C(=O)O)c1. The molecule has 1 aromatic carbocycles. The molecule has 0 aromatic heterocycles. The van der Waals surface area contributed by atoms with E-state index in [0.29, 0.717) is 12.0 Å². The Bertz CT molecular complexity index is 564. The number of aliphatic carboxylic acids is 1. The molecule has 5 heteroatoms. The summed E-state index contributed by atoms with van der Waals surface area (Å²) in [6, 6.07) is 4.56. The first-order chi connectivity index (χ1) is 10.8. The fourth-order valence-electron chi connectivity index (χ4n) is 3.09. The van der Waals surface area contributed by atoms with E-state index >= 15 is 0 Å². The van der Waals surface area contributed by atoms with Crippen LogP contribution in [0.25, 0.3) is 0 Å². The summed E-state index contributed by atoms with van der Waals surface area (Å²) in [7, 11) is 0. The Labute approximate surface area is 137 Å². The van der Waals surface area contributed by atoms with Crippen LogP contribution in [0.5, 0.6) is 0 Å². The first kappa shape index (κ1) is 17.5. The van der Waals surface area contributed by atoms with Gasteiger partial charge in [-0.25, -0.2) is 4.79 Å². The second kappa shape index (κ2) is 7.59. The molecule has 1 saturated heterocycles. The van der Waals surface area contributed by atoms with Crippen LogP contribution in [0.1, 0.15) is 55.3 Å². The van der Waals surface area contributed by atoms with Crippen LogP contribution >= 0.6 is 0 Å². The predicted octanol–water partition coefficient (Wildman–Crippen LogP) is 2.89. The molecule has 1 amide bonds. The van der Waals surface area contributed by atoms with Crippen molar-refractivity contribution in [2.75, 3.05) is 0 Å². The van der Waals surface area contributed by atoms with E-state index in [1.165, 1.54) is 0 Å². The summed E-state index contributed by atoms with van der Waals surface area (Å²) < 4.78 is 5.68. The Kier molecular flexibility index (Phi) is 5.77. The summed E-state index contributed by atoms with van der Waals surface area (Å²) >= 11 is 0. The van der Waals surface area contributed by atoms with Crippen molar-refractivity contribution in [2.24, 2.45) is 0 Å². The van der Waals surface area contributed by atoms with E-state index in [9.17, 15) is 14.7 Å². The standard InChI is InChI=1S/C18H25NO4/c1-11-8-12(2)10-14(9-11)17(18(21)22)19-16(20)7-6-15-5-4-13(3)23-15/h8-10,13,15,17H,4-7H2,1-3H3,(H,19,20)(H,21,22). The molecule has 1 fully saturated rings. The Hall–Kier alpha value is -1.88. The summed E-state index contributed by atoms with van der Waals surface area (Å²) in [5, 5.41) is 12.1. The number of carbonyl (C=O) groups is 2. The molecule has 0 bridgehead atoms. The molecular formula is C18H25NO4. The van der Waals surface area contributed by atoms with Crippen molar-refractivity contribution >= 4 is 11.9 Å². The Balaban J connectivity index is 1.96. The van der Waals surface area contributed by atoms with Crippen molar-refractivity contribution in [3.8, 4) is 0 Å². The van der Waals surface area contributed by atoms with Crippen molar-refractivity contribution in [1.29, 1.82) is 0 Å². The highest BCUT2D eigenvalue weighted by Gasteiger charge is 2.25. The molecule has 1 aromatic rings. The highest BCUT2D eigenvalue weighted by Crippen LogP contribution is 2.23. The van der Waals surface area contributed by atoms with Crippen LogP contribution in [-0.4, -0.2) is 29.2 Å². The number of nitrogens with one attached hydrogen (secondary N) is 1. The zero-order valence-electron chi connectivity index (χ0n) is 14.0. The van der Waals surface area contributed by atoms with Gasteiger partial charge < -0.3 is 15.2 Å². The lowest BCUT2D eigenvalue weighted by atomic mass is 10.0. The number of carboxylic acids is 1. The third-order valence-electron chi connectivity index (χ3n) is 4.14. The summed E-state index contributed by atoms with van der Waals surface area (Å²) in [6.45, 7) is 5.85. The van der Waals surface area contributed by atoms with Gasteiger partial charge in [0.25, 0.3) is 0 Å². The van der Waals surface area contributed by atoms with Gasteiger partial charge >= 0.3 is 5.97 Å². The molecule has 0 spiro atoms. The number of hydrogen-bond acceptors (Lipinski definition) is 3. The van der Waals surface area contributed by atoms with Crippen molar-refractivity contribution in [3.05, 3.63) is 34.9 Å². The van der Waals surface area contributed by atoms with E-state index in [1.807, 2.05) is 26.8 Å². The van der Waals surface area contributed by atoms with Crippen LogP contribution in [0, 0.1) is 13.8 Å². The maximum atomic E-state index is 12.1. The molecule has 23 heavy (non-hydrogen) atoms. The van der Waals surface area contributed by atoms with Crippen molar-refractivity contribution in [1.82, 2.24) is 5.32 Å². The van der Waals surface area contributed by atoms with Crippen LogP contribution in [-0.2, 0) is 14.3 Å². The largest absolute Gasteiger partial charge is 0.479 e. The molecule has 126 valence electrons. The minimum atomic E-state index is -1.05. The summed E-state index contributed by atoms with van der Waals surface area (Å²) in [6.07, 6.45) is 3.27. The average molecular weight is 319 g/mol. The topological polar surface area (TPSA) is 75.6 Å². The Morgan fingerprint density at radius 3 is 2.43 bits per heavy atom. The number of aryl methyl sites for hydroxylation is 2. The van der Waals surface area contributed by atoms with Gasteiger partial charge in [-0.05, 0) is 45.6 Å². The highest BCUT2D eigenvalue weighted by molar-refractivity contribution is 5.84. The minimum Gasteiger partial charge on any atom is -0.479 e. The van der Waals surface area contributed by atoms with E-state index in [4.69, 9.17) is 4.74 Å². The second-order valence-corrected chi connectivity index (χ2v) is 6.44. The number of carbonyl (C=O) groups excluding carboxylic acids is 1. The smallest absolute Gasteiger partial charge is 0.330 e. The molecule has 3 unspecified atom stereocenters. The van der Waals surface area contributed by atoms with E-state index in [0.717, 1.165) is 24.0 Å². The van der Waals surface area contributed by atoms with Crippen molar-refractivity contribution in [2.45, 2.75) is 64.7 Å². The number of hydrogen-bond donors (Lipinski definition) is 2. The first-order valence-corrected chi connectivity index (χ1v) is 8.11. The van der Waals surface area contributed by atoms with Gasteiger partial charge in [0.05, 0.1) is 12.2 Å². The molecule has 0 saturated carbocycles. The lowest BCUT2D eigenvalue weighted by molar-refractivity contribution is -0.142. The van der Waals surface area contributed by atoms with Crippen molar-refractivity contribution < 1.29 is 19.4 Å². The van der Waals surface area contributed by atoms with Crippen LogP contribution in [0.4, 0.5) is 0 Å². The van der Waals surface area contributed by atoms with Gasteiger partial charge in [-0.1, -0.05) is 29.3 Å². The van der Waals surface area contributed by atoms with Gasteiger partial charge in [0.15, 0.2) is 6.04 Å². The lowest BCUT2D eigenvalue weighted by Gasteiger charge is -2.17. The third kappa shape index (κ3) is 5.06. The van der Waals surface area contributed by atoms with Crippen LogP contribution in [0.2, 0.25) is 0 Å². The zero-order chi connectivity index (χ0) is 17.0. The lowest BCUT2D eigenvalue weighted by Crippen LogP contribution is -2.34. The average Bonchev–Trinajstić information content (AvgIpc) is 2.87. The Morgan fingerprint density at radius 1 is 1.26 bits per heavy atom. The van der Waals surface area contributed by atoms with Gasteiger partial charge in [0, 0.05) is 6.42 Å². The molecule has 2 N–H and O–H groups in total. The van der Waals surface area contributed by atoms with Gasteiger partial charge in [0.2, 0.25) is 5.91 Å².